The fraction of sp³-hybridized carbons (Fsp3) is 0.545. The van der Waals surface area contributed by atoms with E-state index in [4.69, 9.17) is 5.73 Å². The van der Waals surface area contributed by atoms with E-state index in [-0.39, 0.29) is 0 Å². The Morgan fingerprint density at radius 2 is 2.23 bits per heavy atom. The van der Waals surface area contributed by atoms with Crippen LogP contribution in [0.2, 0.25) is 0 Å². The van der Waals surface area contributed by atoms with Gasteiger partial charge in [0.05, 0.1) is 0 Å². The third kappa shape index (κ3) is 2.81. The Labute approximate surface area is 80.2 Å². The molecule has 13 heavy (non-hydrogen) atoms. The van der Waals surface area contributed by atoms with E-state index in [9.17, 15) is 0 Å². The summed E-state index contributed by atoms with van der Waals surface area (Å²) < 4.78 is 0. The quantitative estimate of drug-likeness (QED) is 0.767. The summed E-state index contributed by atoms with van der Waals surface area (Å²) in [4.78, 5) is 4.12. The SMILES string of the molecule is CC(CCN)C(C)c1cccnc1. The van der Waals surface area contributed by atoms with Gasteiger partial charge < -0.3 is 5.73 Å². The molecule has 2 heteroatoms. The first kappa shape index (κ1) is 10.2. The maximum atomic E-state index is 5.53. The number of pyridine rings is 1. The van der Waals surface area contributed by atoms with Crippen molar-refractivity contribution in [3.8, 4) is 0 Å². The predicted octanol–water partition coefficient (Wildman–Crippen LogP) is 2.17. The molecule has 0 fully saturated rings. The third-order valence-corrected chi connectivity index (χ3v) is 2.69. The molecule has 1 aromatic rings. The molecule has 2 atom stereocenters. The van der Waals surface area contributed by atoms with Crippen LogP contribution in [0.3, 0.4) is 0 Å². The van der Waals surface area contributed by atoms with Crippen LogP contribution < -0.4 is 5.73 Å². The molecule has 72 valence electrons. The molecule has 0 radical (unpaired) electrons. The Morgan fingerprint density at radius 1 is 1.46 bits per heavy atom. The van der Waals surface area contributed by atoms with Crippen molar-refractivity contribution in [1.29, 1.82) is 0 Å². The van der Waals surface area contributed by atoms with E-state index in [0.29, 0.717) is 11.8 Å². The highest BCUT2D eigenvalue weighted by molar-refractivity contribution is 5.14. The van der Waals surface area contributed by atoms with E-state index < -0.39 is 0 Å². The zero-order valence-corrected chi connectivity index (χ0v) is 8.40. The van der Waals surface area contributed by atoms with Crippen LogP contribution in [0.4, 0.5) is 0 Å². The number of hydrogen-bond donors (Lipinski definition) is 1. The van der Waals surface area contributed by atoms with E-state index >= 15 is 0 Å². The minimum Gasteiger partial charge on any atom is -0.330 e. The molecule has 0 aliphatic heterocycles. The predicted molar refractivity (Wildman–Crippen MR) is 55.5 cm³/mol. The molecule has 0 amide bonds. The topological polar surface area (TPSA) is 38.9 Å². The van der Waals surface area contributed by atoms with E-state index in [0.717, 1.165) is 13.0 Å². The molecule has 0 spiro atoms. The highest BCUT2D eigenvalue weighted by atomic mass is 14.6. The Balaban J connectivity index is 2.62. The van der Waals surface area contributed by atoms with Crippen molar-refractivity contribution in [2.45, 2.75) is 26.2 Å². The minimum absolute atomic E-state index is 0.553. The van der Waals surface area contributed by atoms with Crippen LogP contribution in [0, 0.1) is 5.92 Å². The Kier molecular flexibility index (Phi) is 3.90. The Hall–Kier alpha value is -0.890. The van der Waals surface area contributed by atoms with Crippen molar-refractivity contribution in [3.63, 3.8) is 0 Å². The fourth-order valence-corrected chi connectivity index (χ4v) is 1.49. The van der Waals surface area contributed by atoms with Gasteiger partial charge in [-0.1, -0.05) is 19.9 Å². The van der Waals surface area contributed by atoms with Gasteiger partial charge in [0.1, 0.15) is 0 Å². The monoisotopic (exact) mass is 178 g/mol. The first-order valence-corrected chi connectivity index (χ1v) is 4.85. The number of rotatable bonds is 4. The lowest BCUT2D eigenvalue weighted by molar-refractivity contribution is 0.458. The normalized spacial score (nSPS) is 15.3. The van der Waals surface area contributed by atoms with Gasteiger partial charge in [-0.25, -0.2) is 0 Å². The van der Waals surface area contributed by atoms with Gasteiger partial charge in [0.15, 0.2) is 0 Å². The van der Waals surface area contributed by atoms with Crippen molar-refractivity contribution in [3.05, 3.63) is 30.1 Å². The van der Waals surface area contributed by atoms with Crippen LogP contribution in [-0.4, -0.2) is 11.5 Å². The van der Waals surface area contributed by atoms with Crippen molar-refractivity contribution < 1.29 is 0 Å². The second-order valence-corrected chi connectivity index (χ2v) is 3.63. The van der Waals surface area contributed by atoms with Crippen LogP contribution >= 0.6 is 0 Å². The number of hydrogen-bond acceptors (Lipinski definition) is 2. The summed E-state index contributed by atoms with van der Waals surface area (Å²) in [6, 6.07) is 4.12. The summed E-state index contributed by atoms with van der Waals surface area (Å²) in [5.41, 5.74) is 6.84. The summed E-state index contributed by atoms with van der Waals surface area (Å²) in [5.74, 6) is 1.19. The van der Waals surface area contributed by atoms with E-state index in [2.05, 4.69) is 24.9 Å². The van der Waals surface area contributed by atoms with Gasteiger partial charge in [0, 0.05) is 12.4 Å². The molecule has 0 aliphatic carbocycles. The fourth-order valence-electron chi connectivity index (χ4n) is 1.49. The van der Waals surface area contributed by atoms with Crippen LogP contribution in [0.5, 0.6) is 0 Å². The Morgan fingerprint density at radius 3 is 2.77 bits per heavy atom. The van der Waals surface area contributed by atoms with Crippen LogP contribution in [0.1, 0.15) is 31.7 Å². The van der Waals surface area contributed by atoms with E-state index in [1.54, 1.807) is 0 Å². The zero-order chi connectivity index (χ0) is 9.68. The van der Waals surface area contributed by atoms with Gasteiger partial charge in [-0.15, -0.1) is 0 Å². The van der Waals surface area contributed by atoms with Crippen molar-refractivity contribution in [1.82, 2.24) is 4.98 Å². The second-order valence-electron chi connectivity index (χ2n) is 3.63. The first-order chi connectivity index (χ1) is 6.25. The van der Waals surface area contributed by atoms with Crippen LogP contribution in [0.15, 0.2) is 24.5 Å². The van der Waals surface area contributed by atoms with Gasteiger partial charge in [-0.05, 0) is 36.4 Å². The highest BCUT2D eigenvalue weighted by Crippen LogP contribution is 2.24. The average Bonchev–Trinajstić information content (AvgIpc) is 2.18. The van der Waals surface area contributed by atoms with Gasteiger partial charge in [0.25, 0.3) is 0 Å². The molecule has 2 unspecified atom stereocenters. The molecule has 2 N–H and O–H groups in total. The highest BCUT2D eigenvalue weighted by Gasteiger charge is 2.12. The summed E-state index contributed by atoms with van der Waals surface area (Å²) >= 11 is 0. The molecule has 0 saturated heterocycles. The molecule has 0 bridgehead atoms. The largest absolute Gasteiger partial charge is 0.330 e. The molecule has 0 saturated carbocycles. The van der Waals surface area contributed by atoms with E-state index in [1.165, 1.54) is 5.56 Å². The maximum absolute atomic E-state index is 5.53. The van der Waals surface area contributed by atoms with Crippen LogP contribution in [0.25, 0.3) is 0 Å². The second kappa shape index (κ2) is 4.97. The minimum atomic E-state index is 0.553. The molecule has 0 aromatic carbocycles. The molecule has 1 heterocycles. The molecule has 1 rings (SSSR count). The first-order valence-electron chi connectivity index (χ1n) is 4.85. The molecule has 0 aliphatic rings. The van der Waals surface area contributed by atoms with Crippen molar-refractivity contribution in [2.24, 2.45) is 11.7 Å². The van der Waals surface area contributed by atoms with Crippen molar-refractivity contribution >= 4 is 0 Å². The number of aromatic nitrogens is 1. The molecular weight excluding hydrogens is 160 g/mol. The lowest BCUT2D eigenvalue weighted by Crippen LogP contribution is -2.12. The summed E-state index contributed by atoms with van der Waals surface area (Å²) in [6.07, 6.45) is 4.83. The van der Waals surface area contributed by atoms with Crippen LogP contribution in [-0.2, 0) is 0 Å². The summed E-state index contributed by atoms with van der Waals surface area (Å²) in [6.45, 7) is 5.24. The van der Waals surface area contributed by atoms with Gasteiger partial charge in [-0.2, -0.15) is 0 Å². The molecular formula is C11H18N2. The van der Waals surface area contributed by atoms with Gasteiger partial charge >= 0.3 is 0 Å². The summed E-state index contributed by atoms with van der Waals surface area (Å²) in [7, 11) is 0. The molecule has 2 nitrogen and oxygen atoms in total. The smallest absolute Gasteiger partial charge is 0.0302 e. The third-order valence-electron chi connectivity index (χ3n) is 2.69. The lowest BCUT2D eigenvalue weighted by atomic mass is 9.88. The van der Waals surface area contributed by atoms with Crippen molar-refractivity contribution in [2.75, 3.05) is 6.54 Å². The van der Waals surface area contributed by atoms with Gasteiger partial charge in [-0.3, -0.25) is 4.98 Å². The number of nitrogens with zero attached hydrogens (tertiary/aromatic N) is 1. The summed E-state index contributed by atoms with van der Waals surface area (Å²) in [5, 5.41) is 0. The average molecular weight is 178 g/mol. The van der Waals surface area contributed by atoms with E-state index in [1.807, 2.05) is 18.5 Å². The number of nitrogens with two attached hydrogens (primary N) is 1. The maximum Gasteiger partial charge on any atom is 0.0302 e. The Bertz CT molecular complexity index is 233. The lowest BCUT2D eigenvalue weighted by Gasteiger charge is -2.18. The standard InChI is InChI=1S/C11H18N2/c1-9(5-6-12)10(2)11-4-3-7-13-8-11/h3-4,7-10H,5-6,12H2,1-2H3. The zero-order valence-electron chi connectivity index (χ0n) is 8.40. The molecule has 1 aromatic heterocycles. The van der Waals surface area contributed by atoms with Gasteiger partial charge in [0.2, 0.25) is 0 Å².